The van der Waals surface area contributed by atoms with Crippen molar-refractivity contribution >= 4 is 35.1 Å². The fourth-order valence-electron chi connectivity index (χ4n) is 9.13. The Morgan fingerprint density at radius 1 is 0.932 bits per heavy atom. The molecule has 1 amide bonds. The van der Waals surface area contributed by atoms with Crippen LogP contribution in [-0.2, 0) is 33.3 Å². The van der Waals surface area contributed by atoms with Crippen LogP contribution in [0.25, 0.3) is 0 Å². The minimum Gasteiger partial charge on any atom is -0.507 e. The third-order valence-corrected chi connectivity index (χ3v) is 12.8. The lowest BCUT2D eigenvalue weighted by Gasteiger charge is -2.42. The number of methoxy groups -OCH3 is 1. The zero-order valence-corrected chi connectivity index (χ0v) is 34.3. The Morgan fingerprint density at radius 3 is 2.31 bits per heavy atom. The number of aromatic hydroxyl groups is 1. The second-order valence-electron chi connectivity index (χ2n) is 16.9. The Balaban J connectivity index is 0.00000604. The van der Waals surface area contributed by atoms with E-state index in [0.29, 0.717) is 12.8 Å². The zero-order chi connectivity index (χ0) is 42.8. The summed E-state index contributed by atoms with van der Waals surface area (Å²) in [7, 11) is 1.49. The summed E-state index contributed by atoms with van der Waals surface area (Å²) in [5.74, 6) is -5.43. The molecule has 16 heteroatoms. The quantitative estimate of drug-likeness (QED) is 0.309. The summed E-state index contributed by atoms with van der Waals surface area (Å²) < 4.78 is 34.9. The Kier molecular flexibility index (Phi) is 11.4. The first-order chi connectivity index (χ1) is 27.9. The highest BCUT2D eigenvalue weighted by molar-refractivity contribution is 6.32. The van der Waals surface area contributed by atoms with Crippen LogP contribution in [0.4, 0.5) is 4.79 Å². The summed E-state index contributed by atoms with van der Waals surface area (Å²) in [6, 6.07) is -0.549. The number of aliphatic hydroxyl groups excluding tert-OH is 2. The zero-order valence-electron chi connectivity index (χ0n) is 34.3. The summed E-state index contributed by atoms with van der Waals surface area (Å²) >= 11 is 0. The first-order valence-corrected chi connectivity index (χ1v) is 20.1. The summed E-state index contributed by atoms with van der Waals surface area (Å²) in [5.41, 5.74) is -1.97. The number of aliphatic imine (C=N–C) groups is 1. The molecule has 0 spiro atoms. The second kappa shape index (κ2) is 15.9. The molecule has 1 aromatic rings. The average Bonchev–Trinajstić information content (AvgIpc) is 3.95. The van der Waals surface area contributed by atoms with E-state index in [-0.39, 0.29) is 59.4 Å². The number of carbonyl (C=O) groups excluding carboxylic acids is 5. The molecular formula is C43H54N2O14. The number of allylic oxidation sites excluding steroid dienone is 3. The van der Waals surface area contributed by atoms with Crippen LogP contribution in [0.15, 0.2) is 40.8 Å². The number of phenols is 1. The van der Waals surface area contributed by atoms with Crippen LogP contribution in [0, 0.1) is 36.5 Å². The highest BCUT2D eigenvalue weighted by Gasteiger charge is 2.53. The molecule has 16 nitrogen and oxygen atoms in total. The van der Waals surface area contributed by atoms with E-state index in [1.165, 1.54) is 46.3 Å². The fraction of sp³-hybridized carbons (Fsp3) is 0.581. The van der Waals surface area contributed by atoms with Gasteiger partial charge in [0.1, 0.15) is 30.3 Å². The molecule has 1 aromatic carbocycles. The molecule has 7 bridgehead atoms. The molecule has 4 N–H and O–H groups in total. The number of nitrogens with zero attached hydrogens (tertiary/aromatic N) is 1. The fourth-order valence-corrected chi connectivity index (χ4v) is 9.13. The predicted molar refractivity (Wildman–Crippen MR) is 210 cm³/mol. The van der Waals surface area contributed by atoms with E-state index in [1.807, 2.05) is 13.8 Å². The number of fused-ring (bicyclic) bond motifs is 9. The molecule has 0 aromatic heterocycles. The molecule has 3 fully saturated rings. The summed E-state index contributed by atoms with van der Waals surface area (Å²) in [6.07, 6.45) is 0.906. The molecule has 2 aliphatic carbocycles. The van der Waals surface area contributed by atoms with Crippen molar-refractivity contribution in [2.75, 3.05) is 13.7 Å². The Bertz CT molecular complexity index is 2100. The van der Waals surface area contributed by atoms with Crippen molar-refractivity contribution < 1.29 is 69.1 Å². The van der Waals surface area contributed by atoms with Gasteiger partial charge in [-0.1, -0.05) is 20.8 Å². The average molecular weight is 823 g/mol. The summed E-state index contributed by atoms with van der Waals surface area (Å²) in [6.45, 7) is 11.3. The van der Waals surface area contributed by atoms with Crippen LogP contribution in [0.2, 0.25) is 0 Å². The lowest BCUT2D eigenvalue weighted by molar-refractivity contribution is -0.162. The van der Waals surface area contributed by atoms with E-state index in [4.69, 9.17) is 33.4 Å². The van der Waals surface area contributed by atoms with E-state index in [1.54, 1.807) is 19.9 Å². The van der Waals surface area contributed by atoms with Gasteiger partial charge >= 0.3 is 6.16 Å². The van der Waals surface area contributed by atoms with Gasteiger partial charge in [-0.3, -0.25) is 24.2 Å². The van der Waals surface area contributed by atoms with Crippen molar-refractivity contribution in [1.29, 1.82) is 0 Å². The molecule has 0 radical (unpaired) electrons. The smallest absolute Gasteiger partial charge is 0.507 e. The van der Waals surface area contributed by atoms with Gasteiger partial charge in [0.05, 0.1) is 53.2 Å². The van der Waals surface area contributed by atoms with Crippen LogP contribution < -0.4 is 10.1 Å². The summed E-state index contributed by atoms with van der Waals surface area (Å²) in [4.78, 5) is 73.6. The van der Waals surface area contributed by atoms with Gasteiger partial charge in [0.25, 0.3) is 5.91 Å². The summed E-state index contributed by atoms with van der Waals surface area (Å²) in [5, 5.41) is 35.8. The van der Waals surface area contributed by atoms with Gasteiger partial charge < -0.3 is 49.1 Å². The maximum atomic E-state index is 14.5. The van der Waals surface area contributed by atoms with E-state index < -0.39 is 113 Å². The van der Waals surface area contributed by atoms with E-state index >= 15 is 0 Å². The number of amides is 1. The monoisotopic (exact) mass is 822 g/mol. The molecule has 320 valence electrons. The van der Waals surface area contributed by atoms with Crippen molar-refractivity contribution in [2.24, 2.45) is 34.6 Å². The number of ether oxygens (including phenoxy) is 6. The van der Waals surface area contributed by atoms with E-state index in [9.17, 15) is 39.3 Å². The number of rotatable bonds is 2. The number of nitrogens with one attached hydrogen (secondary N) is 1. The van der Waals surface area contributed by atoms with Crippen molar-refractivity contribution in [3.05, 3.63) is 58.0 Å². The maximum absolute atomic E-state index is 14.5. The number of phenolic OH excluding ortho intramolecular Hbond substituents is 1. The van der Waals surface area contributed by atoms with Crippen molar-refractivity contribution in [3.63, 3.8) is 0 Å². The number of Topliss-reactive ketones (excluding diaryl/α,β-unsaturated/α-hetero) is 2. The van der Waals surface area contributed by atoms with Crippen molar-refractivity contribution in [3.8, 4) is 11.5 Å². The molecule has 8 rings (SSSR count). The number of ketones is 3. The normalized spacial score (nSPS) is 39.6. The first kappa shape index (κ1) is 42.2. The second-order valence-corrected chi connectivity index (χ2v) is 16.9. The van der Waals surface area contributed by atoms with Gasteiger partial charge in [-0.2, -0.15) is 0 Å². The lowest BCUT2D eigenvalue weighted by Crippen LogP contribution is -2.52. The molecule has 13 unspecified atom stereocenters. The molecule has 13 atom stereocenters. The third kappa shape index (κ3) is 7.60. The Labute approximate surface area is 343 Å². The standard InChI is InChI=1S/C43H52N2O14.H2/c1-17-13-28(46)23-14-24(23)34(48)19(3)38-21(5)37(57-42(53)58-38)18(2)29(54-8)11-12-55-16-43(7)40(51)33-31-26(44-25-9-10-30(47)56-22(25)6)15-27(45-41(17)52)36(50)32(31)35(49)20(4)39(33)59-43;/h11-13,15,18-19,21-25,29-30,34,37-38,47-49H,9-10,14,16H2,1-8H3,(H,45,52);1H/b12-11+,17-13-,44-26?;. The van der Waals surface area contributed by atoms with Gasteiger partial charge in [0.15, 0.2) is 12.1 Å². The van der Waals surface area contributed by atoms with Crippen molar-refractivity contribution in [1.82, 2.24) is 5.32 Å². The number of aliphatic hydroxyl groups is 2. The molecular weight excluding hydrogens is 768 g/mol. The molecule has 5 heterocycles. The Morgan fingerprint density at radius 2 is 1.63 bits per heavy atom. The van der Waals surface area contributed by atoms with Gasteiger partial charge in [-0.05, 0) is 64.7 Å². The predicted octanol–water partition coefficient (Wildman–Crippen LogP) is 4.04. The lowest BCUT2D eigenvalue weighted by atomic mass is 9.79. The Hall–Kier alpha value is -4.90. The molecule has 7 aliphatic rings. The topological polar surface area (TPSA) is 226 Å². The van der Waals surface area contributed by atoms with Crippen LogP contribution in [0.1, 0.15) is 94.1 Å². The molecule has 2 saturated heterocycles. The highest BCUT2D eigenvalue weighted by Crippen LogP contribution is 2.49. The number of hydrogen-bond donors (Lipinski definition) is 4. The van der Waals surface area contributed by atoms with Crippen LogP contribution in [0.3, 0.4) is 0 Å². The number of hydrogen-bond acceptors (Lipinski definition) is 15. The largest absolute Gasteiger partial charge is 0.508 e. The number of benzene rings is 1. The molecule has 59 heavy (non-hydrogen) atoms. The van der Waals surface area contributed by atoms with Gasteiger partial charge in [-0.15, -0.1) is 0 Å². The highest BCUT2D eigenvalue weighted by atomic mass is 16.7. The van der Waals surface area contributed by atoms with Crippen LogP contribution in [-0.4, -0.2) is 113 Å². The van der Waals surface area contributed by atoms with Crippen LogP contribution in [0.5, 0.6) is 11.5 Å². The minimum absolute atomic E-state index is 0. The number of carbonyl (C=O) groups is 5. The third-order valence-electron chi connectivity index (χ3n) is 12.8. The first-order valence-electron chi connectivity index (χ1n) is 20.1. The van der Waals surface area contributed by atoms with E-state index in [2.05, 4.69) is 5.32 Å². The molecule has 5 aliphatic heterocycles. The van der Waals surface area contributed by atoms with Gasteiger partial charge in [0.2, 0.25) is 17.2 Å². The molecule has 1 saturated carbocycles. The van der Waals surface area contributed by atoms with Gasteiger partial charge in [0, 0.05) is 55.3 Å². The van der Waals surface area contributed by atoms with Crippen molar-refractivity contribution in [2.45, 2.75) is 116 Å². The minimum atomic E-state index is -1.64. The maximum Gasteiger partial charge on any atom is 0.508 e. The van der Waals surface area contributed by atoms with E-state index in [0.717, 1.165) is 0 Å². The SMILES string of the molecule is COC1/C=C/OCC2(C)Oc3c(C)c(O)c4c(c3C2=O)C(=NC2CCC(O)OC2C)C=C(NC(=O)/C(C)=C\C(=O)C2CC2C(O)C(C)C2OC(=O)OC(C1C)C2C)C4=O.[HH]. The van der Waals surface area contributed by atoms with Gasteiger partial charge in [-0.25, -0.2) is 4.79 Å². The van der Waals surface area contributed by atoms with Crippen LogP contribution >= 0.6 is 0 Å².